The van der Waals surface area contributed by atoms with Gasteiger partial charge in [0, 0.05) is 44.6 Å². The molecule has 0 radical (unpaired) electrons. The van der Waals surface area contributed by atoms with Crippen LogP contribution in [0.1, 0.15) is 23.2 Å². The first kappa shape index (κ1) is 23.7. The van der Waals surface area contributed by atoms with Gasteiger partial charge in [-0.3, -0.25) is 19.8 Å². The summed E-state index contributed by atoms with van der Waals surface area (Å²) in [6.07, 6.45) is 0.185. The summed E-state index contributed by atoms with van der Waals surface area (Å²) >= 11 is 0. The van der Waals surface area contributed by atoms with Crippen LogP contribution < -0.4 is 10.4 Å². The normalized spacial score (nSPS) is 17.6. The van der Waals surface area contributed by atoms with Crippen LogP contribution in [0.15, 0.2) is 41.3 Å². The van der Waals surface area contributed by atoms with Crippen LogP contribution in [0, 0.1) is 17.5 Å². The number of hydrazine groups is 1. The average molecular weight is 496 g/mol. The first-order chi connectivity index (χ1) is 16.1. The Morgan fingerprint density at radius 1 is 0.853 bits per heavy atom. The van der Waals surface area contributed by atoms with Gasteiger partial charge in [0.15, 0.2) is 17.5 Å². The summed E-state index contributed by atoms with van der Waals surface area (Å²) in [5.41, 5.74) is 3.12. The zero-order chi connectivity index (χ0) is 24.6. The summed E-state index contributed by atoms with van der Waals surface area (Å²) in [5.74, 6) is -6.13. The van der Waals surface area contributed by atoms with Gasteiger partial charge < -0.3 is 4.90 Å². The molecule has 2 aliphatic rings. The second kappa shape index (κ2) is 9.06. The van der Waals surface area contributed by atoms with E-state index in [-0.39, 0.29) is 56.4 Å². The lowest BCUT2D eigenvalue weighted by atomic mass is 10.1. The number of amides is 3. The van der Waals surface area contributed by atoms with Crippen molar-refractivity contribution in [2.75, 3.05) is 31.2 Å². The van der Waals surface area contributed by atoms with Gasteiger partial charge in [0.25, 0.3) is 5.91 Å². The average Bonchev–Trinajstić information content (AvgIpc) is 2.83. The van der Waals surface area contributed by atoms with Gasteiger partial charge in [-0.1, -0.05) is 0 Å². The molecule has 3 amide bonds. The first-order valence-electron chi connectivity index (χ1n) is 10.2. The minimum atomic E-state index is -4.43. The van der Waals surface area contributed by atoms with Crippen molar-refractivity contribution in [1.29, 1.82) is 0 Å². The van der Waals surface area contributed by atoms with E-state index in [1.165, 1.54) is 29.2 Å². The van der Waals surface area contributed by atoms with Crippen LogP contribution in [-0.2, 0) is 19.6 Å². The van der Waals surface area contributed by atoms with E-state index in [1.54, 1.807) is 0 Å². The molecule has 34 heavy (non-hydrogen) atoms. The predicted octanol–water partition coefficient (Wildman–Crippen LogP) is 1.41. The summed E-state index contributed by atoms with van der Waals surface area (Å²) in [5, 5.41) is 1.11. The van der Waals surface area contributed by atoms with Crippen LogP contribution in [0.25, 0.3) is 0 Å². The number of carbonyl (C=O) groups excluding carboxylic acids is 3. The summed E-state index contributed by atoms with van der Waals surface area (Å²) < 4.78 is 67.0. The van der Waals surface area contributed by atoms with E-state index in [4.69, 9.17) is 0 Å². The predicted molar refractivity (Wildman–Crippen MR) is 112 cm³/mol. The number of rotatable bonds is 4. The fourth-order valence-corrected chi connectivity index (χ4v) is 5.18. The molecule has 0 bridgehead atoms. The highest BCUT2D eigenvalue weighted by molar-refractivity contribution is 7.89. The molecule has 2 aromatic carbocycles. The van der Waals surface area contributed by atoms with E-state index in [0.29, 0.717) is 17.8 Å². The lowest BCUT2D eigenvalue weighted by Gasteiger charge is -2.34. The molecule has 0 aliphatic carbocycles. The molecule has 13 heteroatoms. The van der Waals surface area contributed by atoms with Crippen molar-refractivity contribution in [3.63, 3.8) is 0 Å². The molecule has 0 spiro atoms. The monoisotopic (exact) mass is 496 g/mol. The highest BCUT2D eigenvalue weighted by Crippen LogP contribution is 2.25. The van der Waals surface area contributed by atoms with Gasteiger partial charge in [0.05, 0.1) is 5.69 Å². The number of benzene rings is 2. The molecule has 2 aliphatic heterocycles. The van der Waals surface area contributed by atoms with Gasteiger partial charge in [-0.05, 0) is 36.4 Å². The highest BCUT2D eigenvalue weighted by Gasteiger charge is 2.34. The Labute approximate surface area is 192 Å². The maximum atomic E-state index is 14.0. The Hall–Kier alpha value is -3.45. The van der Waals surface area contributed by atoms with Crippen molar-refractivity contribution in [3.05, 3.63) is 59.4 Å². The smallest absolute Gasteiger partial charge is 0.253 e. The number of nitrogens with one attached hydrogen (secondary N) is 1. The molecule has 2 heterocycles. The minimum absolute atomic E-state index is 0.00816. The van der Waals surface area contributed by atoms with E-state index in [9.17, 15) is 36.0 Å². The second-order valence-electron chi connectivity index (χ2n) is 7.68. The van der Waals surface area contributed by atoms with Crippen molar-refractivity contribution in [1.82, 2.24) is 14.6 Å². The zero-order valence-corrected chi connectivity index (χ0v) is 18.4. The SMILES string of the molecule is O=C1CCC(=O)N(c2ccc(C(=O)N3CCN(S(=O)(=O)c4ccc(F)c(F)c4F)CC3)cc2)N1. The number of carbonyl (C=O) groups is 3. The topological polar surface area (TPSA) is 107 Å². The second-order valence-corrected chi connectivity index (χ2v) is 9.59. The lowest BCUT2D eigenvalue weighted by molar-refractivity contribution is -0.130. The van der Waals surface area contributed by atoms with E-state index in [0.717, 1.165) is 9.31 Å². The molecular formula is C21H19F3N4O5S. The van der Waals surface area contributed by atoms with Crippen LogP contribution in [0.5, 0.6) is 0 Å². The maximum absolute atomic E-state index is 14.0. The molecular weight excluding hydrogens is 477 g/mol. The van der Waals surface area contributed by atoms with E-state index in [1.807, 2.05) is 0 Å². The maximum Gasteiger partial charge on any atom is 0.253 e. The Balaban J connectivity index is 1.42. The molecule has 1 N–H and O–H groups in total. The number of nitrogens with zero attached hydrogens (tertiary/aromatic N) is 3. The van der Waals surface area contributed by atoms with Gasteiger partial charge in [-0.2, -0.15) is 4.31 Å². The molecule has 0 atom stereocenters. The van der Waals surface area contributed by atoms with Crippen LogP contribution in [0.3, 0.4) is 0 Å². The van der Waals surface area contributed by atoms with Crippen LogP contribution in [-0.4, -0.2) is 61.5 Å². The van der Waals surface area contributed by atoms with Crippen molar-refractivity contribution < 1.29 is 36.0 Å². The van der Waals surface area contributed by atoms with Gasteiger partial charge in [-0.15, -0.1) is 0 Å². The zero-order valence-electron chi connectivity index (χ0n) is 17.6. The number of piperazine rings is 1. The largest absolute Gasteiger partial charge is 0.336 e. The molecule has 0 saturated carbocycles. The Bertz CT molecular complexity index is 1260. The molecule has 2 fully saturated rings. The van der Waals surface area contributed by atoms with Crippen LogP contribution in [0.4, 0.5) is 18.9 Å². The van der Waals surface area contributed by atoms with Gasteiger partial charge in [0.1, 0.15) is 4.90 Å². The molecule has 2 aromatic rings. The van der Waals surface area contributed by atoms with E-state index >= 15 is 0 Å². The van der Waals surface area contributed by atoms with Gasteiger partial charge >= 0.3 is 0 Å². The molecule has 9 nitrogen and oxygen atoms in total. The standard InChI is InChI=1S/C21H19F3N4O5S/c22-15-5-6-16(20(24)19(15)23)34(32,33)27-11-9-26(10-12-27)21(31)13-1-3-14(4-2-13)28-18(30)8-7-17(29)25-28/h1-6H,7-12H2,(H,25,29). The molecule has 0 aromatic heterocycles. The number of halogens is 3. The number of hydrogen-bond acceptors (Lipinski definition) is 5. The number of sulfonamides is 1. The first-order valence-corrected chi connectivity index (χ1v) is 11.7. The lowest BCUT2D eigenvalue weighted by Crippen LogP contribution is -2.51. The van der Waals surface area contributed by atoms with Gasteiger partial charge in [0.2, 0.25) is 21.8 Å². The number of anilines is 1. The highest BCUT2D eigenvalue weighted by atomic mass is 32.2. The molecule has 0 unspecified atom stereocenters. The minimum Gasteiger partial charge on any atom is -0.336 e. The summed E-state index contributed by atoms with van der Waals surface area (Å²) in [4.78, 5) is 36.8. The van der Waals surface area contributed by atoms with E-state index in [2.05, 4.69) is 5.43 Å². The summed E-state index contributed by atoms with van der Waals surface area (Å²) in [6.45, 7) is -0.352. The quantitative estimate of drug-likeness (QED) is 0.645. The van der Waals surface area contributed by atoms with E-state index < -0.39 is 38.3 Å². The third kappa shape index (κ3) is 4.35. The van der Waals surface area contributed by atoms with Crippen LogP contribution in [0.2, 0.25) is 0 Å². The molecule has 180 valence electrons. The fourth-order valence-electron chi connectivity index (χ4n) is 3.70. The summed E-state index contributed by atoms with van der Waals surface area (Å²) in [6, 6.07) is 7.17. The van der Waals surface area contributed by atoms with Crippen molar-refractivity contribution in [2.24, 2.45) is 0 Å². The summed E-state index contributed by atoms with van der Waals surface area (Å²) in [7, 11) is -4.43. The van der Waals surface area contributed by atoms with Crippen molar-refractivity contribution in [2.45, 2.75) is 17.7 Å². The number of hydrogen-bond donors (Lipinski definition) is 1. The fraction of sp³-hybridized carbons (Fsp3) is 0.286. The Kier molecular flexibility index (Phi) is 6.32. The van der Waals surface area contributed by atoms with Gasteiger partial charge in [-0.25, -0.2) is 26.6 Å². The Morgan fingerprint density at radius 2 is 1.50 bits per heavy atom. The Morgan fingerprint density at radius 3 is 2.15 bits per heavy atom. The third-order valence-corrected chi connectivity index (χ3v) is 7.48. The van der Waals surface area contributed by atoms with Crippen molar-refractivity contribution >= 4 is 33.4 Å². The molecule has 4 rings (SSSR count). The third-order valence-electron chi connectivity index (χ3n) is 5.57. The van der Waals surface area contributed by atoms with Crippen molar-refractivity contribution in [3.8, 4) is 0 Å². The molecule has 2 saturated heterocycles. The van der Waals surface area contributed by atoms with Crippen LogP contribution >= 0.6 is 0 Å².